The van der Waals surface area contributed by atoms with E-state index >= 15 is 0 Å². The maximum Gasteiger partial charge on any atom is 0.150 e. The third-order valence-electron chi connectivity index (χ3n) is 3.40. The van der Waals surface area contributed by atoms with E-state index in [1.54, 1.807) is 7.11 Å². The van der Waals surface area contributed by atoms with Gasteiger partial charge in [0.05, 0.1) is 6.61 Å². The number of carbonyl (C=O) groups is 1. The molecule has 1 aromatic carbocycles. The number of rotatable bonds is 5. The molecule has 0 amide bonds. The lowest BCUT2D eigenvalue weighted by Gasteiger charge is -2.30. The molecule has 0 fully saturated rings. The van der Waals surface area contributed by atoms with Crippen molar-refractivity contribution in [3.63, 3.8) is 0 Å². The summed E-state index contributed by atoms with van der Waals surface area (Å²) in [6, 6.07) is 3.87. The van der Waals surface area contributed by atoms with Gasteiger partial charge in [0, 0.05) is 23.8 Å². The van der Waals surface area contributed by atoms with Gasteiger partial charge in [0.2, 0.25) is 0 Å². The fourth-order valence-electron chi connectivity index (χ4n) is 2.22. The van der Waals surface area contributed by atoms with E-state index < -0.39 is 0 Å². The van der Waals surface area contributed by atoms with Crippen LogP contribution in [0.2, 0.25) is 0 Å². The second-order valence-electron chi connectivity index (χ2n) is 7.40. The average molecular weight is 292 g/mol. The maximum absolute atomic E-state index is 11.3. The van der Waals surface area contributed by atoms with Gasteiger partial charge in [0.25, 0.3) is 0 Å². The zero-order valence-corrected chi connectivity index (χ0v) is 14.4. The second-order valence-corrected chi connectivity index (χ2v) is 7.40. The molecule has 1 rings (SSSR count). The van der Waals surface area contributed by atoms with Crippen LogP contribution in [0.25, 0.3) is 0 Å². The van der Waals surface area contributed by atoms with Crippen LogP contribution >= 0.6 is 0 Å². The molecule has 21 heavy (non-hydrogen) atoms. The fraction of sp³-hybridized carbons (Fsp3) is 0.611. The molecule has 0 saturated carbocycles. The van der Waals surface area contributed by atoms with Gasteiger partial charge in [0.15, 0.2) is 0 Å². The predicted octanol–water partition coefficient (Wildman–Crippen LogP) is 4.12. The van der Waals surface area contributed by atoms with Crippen LogP contribution in [0.5, 0.6) is 5.75 Å². The SMILES string of the molecule is COCCOc1c(C(C)(C)C)cc(C=O)cc1C(C)(C)C. The van der Waals surface area contributed by atoms with Crippen molar-refractivity contribution in [2.75, 3.05) is 20.3 Å². The van der Waals surface area contributed by atoms with E-state index in [2.05, 4.69) is 41.5 Å². The van der Waals surface area contributed by atoms with Crippen molar-refractivity contribution in [3.05, 3.63) is 28.8 Å². The Balaban J connectivity index is 3.48. The number of aldehydes is 1. The molecule has 3 heteroatoms. The third-order valence-corrected chi connectivity index (χ3v) is 3.40. The van der Waals surface area contributed by atoms with Gasteiger partial charge in [-0.3, -0.25) is 4.79 Å². The molecular weight excluding hydrogens is 264 g/mol. The first-order valence-corrected chi connectivity index (χ1v) is 7.37. The summed E-state index contributed by atoms with van der Waals surface area (Å²) in [6.45, 7) is 13.8. The topological polar surface area (TPSA) is 35.5 Å². The molecule has 0 atom stereocenters. The van der Waals surface area contributed by atoms with Gasteiger partial charge in [-0.1, -0.05) is 41.5 Å². The monoisotopic (exact) mass is 292 g/mol. The number of ether oxygens (including phenoxy) is 2. The summed E-state index contributed by atoms with van der Waals surface area (Å²) in [4.78, 5) is 11.3. The largest absolute Gasteiger partial charge is 0.491 e. The molecule has 0 unspecified atom stereocenters. The molecule has 0 aromatic heterocycles. The highest BCUT2D eigenvalue weighted by Gasteiger charge is 2.27. The molecule has 0 bridgehead atoms. The van der Waals surface area contributed by atoms with Gasteiger partial charge >= 0.3 is 0 Å². The molecule has 0 spiro atoms. The van der Waals surface area contributed by atoms with Crippen molar-refractivity contribution >= 4 is 6.29 Å². The Kier molecular flexibility index (Phi) is 5.57. The first-order chi connectivity index (χ1) is 9.61. The van der Waals surface area contributed by atoms with E-state index in [9.17, 15) is 4.79 Å². The molecule has 0 saturated heterocycles. The van der Waals surface area contributed by atoms with Crippen LogP contribution < -0.4 is 4.74 Å². The minimum absolute atomic E-state index is 0.0958. The first kappa shape index (κ1) is 17.7. The lowest BCUT2D eigenvalue weighted by Crippen LogP contribution is -2.21. The summed E-state index contributed by atoms with van der Waals surface area (Å²) in [5.74, 6) is 0.887. The van der Waals surface area contributed by atoms with Crippen molar-refractivity contribution in [2.24, 2.45) is 0 Å². The van der Waals surface area contributed by atoms with Crippen molar-refractivity contribution in [1.82, 2.24) is 0 Å². The fourth-order valence-corrected chi connectivity index (χ4v) is 2.22. The third kappa shape index (κ3) is 4.57. The van der Waals surface area contributed by atoms with Crippen LogP contribution in [0.1, 0.15) is 63.0 Å². The number of hydrogen-bond donors (Lipinski definition) is 0. The number of benzene rings is 1. The number of hydrogen-bond acceptors (Lipinski definition) is 3. The van der Waals surface area contributed by atoms with E-state index in [0.717, 1.165) is 23.2 Å². The quantitative estimate of drug-likeness (QED) is 0.605. The van der Waals surface area contributed by atoms with Crippen molar-refractivity contribution in [1.29, 1.82) is 0 Å². The minimum atomic E-state index is -0.0958. The molecule has 1 aromatic rings. The van der Waals surface area contributed by atoms with Crippen molar-refractivity contribution in [2.45, 2.75) is 52.4 Å². The molecule has 0 N–H and O–H groups in total. The second kappa shape index (κ2) is 6.61. The van der Waals surface area contributed by atoms with Gasteiger partial charge in [-0.2, -0.15) is 0 Å². The van der Waals surface area contributed by atoms with E-state index in [-0.39, 0.29) is 10.8 Å². The zero-order chi connectivity index (χ0) is 16.3. The molecule has 0 heterocycles. The van der Waals surface area contributed by atoms with Crippen LogP contribution in [-0.4, -0.2) is 26.6 Å². The predicted molar refractivity (Wildman–Crippen MR) is 86.6 cm³/mol. The zero-order valence-electron chi connectivity index (χ0n) is 14.4. The summed E-state index contributed by atoms with van der Waals surface area (Å²) < 4.78 is 11.1. The van der Waals surface area contributed by atoms with E-state index in [0.29, 0.717) is 18.8 Å². The summed E-state index contributed by atoms with van der Waals surface area (Å²) in [6.07, 6.45) is 0.906. The molecular formula is C18H28O3. The lowest BCUT2D eigenvalue weighted by atomic mass is 9.78. The maximum atomic E-state index is 11.3. The van der Waals surface area contributed by atoms with Gasteiger partial charge in [-0.25, -0.2) is 0 Å². The normalized spacial score (nSPS) is 12.3. The molecule has 0 aliphatic rings. The Morgan fingerprint density at radius 3 is 1.76 bits per heavy atom. The smallest absolute Gasteiger partial charge is 0.150 e. The molecule has 118 valence electrons. The van der Waals surface area contributed by atoms with Gasteiger partial charge in [0.1, 0.15) is 18.6 Å². The van der Waals surface area contributed by atoms with Crippen LogP contribution in [0, 0.1) is 0 Å². The molecule has 0 aliphatic heterocycles. The highest BCUT2D eigenvalue weighted by Crippen LogP contribution is 2.40. The van der Waals surface area contributed by atoms with Crippen LogP contribution in [0.4, 0.5) is 0 Å². The molecule has 0 aliphatic carbocycles. The Hall–Kier alpha value is -1.35. The molecule has 3 nitrogen and oxygen atoms in total. The van der Waals surface area contributed by atoms with Crippen LogP contribution in [0.15, 0.2) is 12.1 Å². The van der Waals surface area contributed by atoms with Gasteiger partial charge in [-0.05, 0) is 23.0 Å². The Bertz CT molecular complexity index is 455. The Labute approximate surface area is 128 Å². The Morgan fingerprint density at radius 2 is 1.43 bits per heavy atom. The minimum Gasteiger partial charge on any atom is -0.491 e. The highest BCUT2D eigenvalue weighted by molar-refractivity contribution is 5.77. The summed E-state index contributed by atoms with van der Waals surface area (Å²) in [5, 5.41) is 0. The first-order valence-electron chi connectivity index (χ1n) is 7.37. The van der Waals surface area contributed by atoms with E-state index in [1.165, 1.54) is 0 Å². The number of methoxy groups -OCH3 is 1. The van der Waals surface area contributed by atoms with Gasteiger partial charge in [-0.15, -0.1) is 0 Å². The van der Waals surface area contributed by atoms with Crippen molar-refractivity contribution in [3.8, 4) is 5.75 Å². The number of carbonyl (C=O) groups excluding carboxylic acids is 1. The lowest BCUT2D eigenvalue weighted by molar-refractivity contribution is 0.112. The van der Waals surface area contributed by atoms with E-state index in [4.69, 9.17) is 9.47 Å². The molecule has 0 radical (unpaired) electrons. The summed E-state index contributed by atoms with van der Waals surface area (Å²) in [5.41, 5.74) is 2.63. The van der Waals surface area contributed by atoms with Crippen LogP contribution in [-0.2, 0) is 15.6 Å². The van der Waals surface area contributed by atoms with Gasteiger partial charge < -0.3 is 9.47 Å². The summed E-state index contributed by atoms with van der Waals surface area (Å²) in [7, 11) is 1.66. The van der Waals surface area contributed by atoms with E-state index in [1.807, 2.05) is 12.1 Å². The van der Waals surface area contributed by atoms with Crippen LogP contribution in [0.3, 0.4) is 0 Å². The van der Waals surface area contributed by atoms with Crippen molar-refractivity contribution < 1.29 is 14.3 Å². The summed E-state index contributed by atoms with van der Waals surface area (Å²) >= 11 is 0. The average Bonchev–Trinajstić information content (AvgIpc) is 2.36. The highest BCUT2D eigenvalue weighted by atomic mass is 16.5. The standard InChI is InChI=1S/C18H28O3/c1-17(2,3)14-10-13(12-19)11-15(18(4,5)6)16(14)21-9-8-20-7/h10-12H,8-9H2,1-7H3. The Morgan fingerprint density at radius 1 is 0.952 bits per heavy atom.